The smallest absolute Gasteiger partial charge is 0.416 e. The van der Waals surface area contributed by atoms with Gasteiger partial charge in [-0.15, -0.1) is 0 Å². The van der Waals surface area contributed by atoms with Crippen LogP contribution in [0.5, 0.6) is 0 Å². The van der Waals surface area contributed by atoms with Gasteiger partial charge in [0.2, 0.25) is 5.89 Å². The number of esters is 1. The Hall–Kier alpha value is -3.08. The van der Waals surface area contributed by atoms with Gasteiger partial charge in [0, 0.05) is 25.4 Å². The molecule has 0 atom stereocenters. The molecule has 2 amide bonds. The molecule has 2 aromatic rings. The Kier molecular flexibility index (Phi) is 8.22. The molecule has 0 fully saturated rings. The van der Waals surface area contributed by atoms with Crippen molar-refractivity contribution in [2.24, 2.45) is 0 Å². The number of hydrogen-bond donors (Lipinski definition) is 1. The molecule has 1 N–H and O–H groups in total. The van der Waals surface area contributed by atoms with E-state index in [4.69, 9.17) is 9.15 Å². The third-order valence-electron chi connectivity index (χ3n) is 3.94. The van der Waals surface area contributed by atoms with E-state index in [1.807, 2.05) is 6.92 Å². The van der Waals surface area contributed by atoms with E-state index >= 15 is 0 Å². The Bertz CT molecular complexity index is 837. The molecule has 0 saturated heterocycles. The number of carbonyl (C=O) groups excluding carboxylic acids is 2. The van der Waals surface area contributed by atoms with Crippen LogP contribution in [0.3, 0.4) is 0 Å². The predicted molar refractivity (Wildman–Crippen MR) is 99.8 cm³/mol. The average Bonchev–Trinajstić information content (AvgIpc) is 3.18. The number of amides is 2. The maximum Gasteiger partial charge on any atom is 0.416 e. The summed E-state index contributed by atoms with van der Waals surface area (Å²) in [5.41, 5.74) is -0.653. The fourth-order valence-corrected chi connectivity index (χ4v) is 2.44. The number of hydrogen-bond acceptors (Lipinski definition) is 6. The highest BCUT2D eigenvalue weighted by Gasteiger charge is 2.30. The summed E-state index contributed by atoms with van der Waals surface area (Å²) in [5, 5.41) is 2.54. The number of oxazole rings is 1. The van der Waals surface area contributed by atoms with Crippen molar-refractivity contribution in [3.05, 3.63) is 47.7 Å². The highest BCUT2D eigenvalue weighted by Crippen LogP contribution is 2.29. The summed E-state index contributed by atoms with van der Waals surface area (Å²) >= 11 is 0. The molecule has 0 saturated carbocycles. The molecule has 0 radical (unpaired) electrons. The van der Waals surface area contributed by atoms with Crippen LogP contribution in [0.25, 0.3) is 0 Å². The molecule has 1 aromatic heterocycles. The number of nitrogens with zero attached hydrogens (tertiary/aromatic N) is 2. The second kappa shape index (κ2) is 10.6. The van der Waals surface area contributed by atoms with E-state index in [1.54, 1.807) is 0 Å². The molecule has 1 aromatic carbocycles. The van der Waals surface area contributed by atoms with E-state index in [1.165, 1.54) is 24.1 Å². The van der Waals surface area contributed by atoms with Crippen molar-refractivity contribution < 1.29 is 36.7 Å². The third kappa shape index (κ3) is 6.76. The summed E-state index contributed by atoms with van der Waals surface area (Å²) in [7, 11) is 1.20. The molecule has 0 aliphatic heterocycles. The zero-order valence-electron chi connectivity index (χ0n) is 16.5. The summed E-state index contributed by atoms with van der Waals surface area (Å²) in [6.45, 7) is 2.99. The van der Waals surface area contributed by atoms with Gasteiger partial charge >= 0.3 is 18.2 Å². The number of benzene rings is 1. The van der Waals surface area contributed by atoms with E-state index in [0.717, 1.165) is 18.4 Å². The van der Waals surface area contributed by atoms with Crippen molar-refractivity contribution in [2.45, 2.75) is 26.1 Å². The lowest BCUT2D eigenvalue weighted by atomic mass is 10.2. The maximum absolute atomic E-state index is 12.7. The molecular weight excluding hydrogens is 407 g/mol. The van der Waals surface area contributed by atoms with E-state index in [9.17, 15) is 22.8 Å². The Morgan fingerprint density at radius 2 is 1.93 bits per heavy atom. The Labute approximate surface area is 171 Å². The first-order valence-corrected chi connectivity index (χ1v) is 9.08. The largest absolute Gasteiger partial charge is 0.464 e. The standard InChI is InChI=1S/C19H22F3N3O5/c1-3-29-10-4-9-25(11-16-24-15(12-30-16)17(26)28-2)18(27)23-14-7-5-13(6-8-14)19(20,21)22/h5-8,12H,3-4,9-11H2,1-2H3,(H,23,27). The van der Waals surface area contributed by atoms with Crippen LogP contribution in [0.2, 0.25) is 0 Å². The predicted octanol–water partition coefficient (Wildman–Crippen LogP) is 3.94. The molecule has 0 unspecified atom stereocenters. The first-order chi connectivity index (χ1) is 14.2. The van der Waals surface area contributed by atoms with Crippen LogP contribution in [0, 0.1) is 0 Å². The van der Waals surface area contributed by atoms with Gasteiger partial charge in [0.15, 0.2) is 5.69 Å². The Morgan fingerprint density at radius 3 is 2.53 bits per heavy atom. The fourth-order valence-electron chi connectivity index (χ4n) is 2.44. The SMILES string of the molecule is CCOCCCN(Cc1nc(C(=O)OC)co1)C(=O)Nc1ccc(C(F)(F)F)cc1. The molecule has 2 rings (SSSR count). The highest BCUT2D eigenvalue weighted by atomic mass is 19.4. The summed E-state index contributed by atoms with van der Waals surface area (Å²) in [6.07, 6.45) is -2.83. The van der Waals surface area contributed by atoms with E-state index < -0.39 is 23.7 Å². The molecule has 0 aliphatic rings. The van der Waals surface area contributed by atoms with Crippen LogP contribution in [-0.4, -0.2) is 48.8 Å². The van der Waals surface area contributed by atoms with E-state index in [0.29, 0.717) is 19.6 Å². The molecule has 164 valence electrons. The van der Waals surface area contributed by atoms with Gasteiger partial charge in [0.25, 0.3) is 0 Å². The van der Waals surface area contributed by atoms with Crippen LogP contribution in [0.15, 0.2) is 34.9 Å². The van der Waals surface area contributed by atoms with Crippen LogP contribution in [-0.2, 0) is 22.2 Å². The van der Waals surface area contributed by atoms with Crippen molar-refractivity contribution >= 4 is 17.7 Å². The van der Waals surface area contributed by atoms with E-state index in [2.05, 4.69) is 15.0 Å². The second-order valence-corrected chi connectivity index (χ2v) is 6.10. The van der Waals surface area contributed by atoms with Gasteiger partial charge in [-0.25, -0.2) is 14.6 Å². The number of alkyl halides is 3. The monoisotopic (exact) mass is 429 g/mol. The number of nitrogens with one attached hydrogen (secondary N) is 1. The fraction of sp³-hybridized carbons (Fsp3) is 0.421. The Morgan fingerprint density at radius 1 is 1.23 bits per heavy atom. The molecule has 30 heavy (non-hydrogen) atoms. The minimum absolute atomic E-state index is 0.0371. The third-order valence-corrected chi connectivity index (χ3v) is 3.94. The first-order valence-electron chi connectivity index (χ1n) is 9.08. The minimum atomic E-state index is -4.46. The van der Waals surface area contributed by atoms with Crippen LogP contribution in [0.4, 0.5) is 23.7 Å². The number of aromatic nitrogens is 1. The lowest BCUT2D eigenvalue weighted by Crippen LogP contribution is -2.36. The molecule has 0 bridgehead atoms. The average molecular weight is 429 g/mol. The van der Waals surface area contributed by atoms with Crippen molar-refractivity contribution in [3.63, 3.8) is 0 Å². The quantitative estimate of drug-likeness (QED) is 0.479. The molecular formula is C19H22F3N3O5. The summed E-state index contributed by atoms with van der Waals surface area (Å²) in [4.78, 5) is 29.5. The highest BCUT2D eigenvalue weighted by molar-refractivity contribution is 5.89. The van der Waals surface area contributed by atoms with E-state index in [-0.39, 0.29) is 30.4 Å². The normalized spacial score (nSPS) is 11.2. The lowest BCUT2D eigenvalue weighted by Gasteiger charge is -2.22. The first kappa shape index (κ1) is 23.2. The van der Waals surface area contributed by atoms with Gasteiger partial charge in [-0.3, -0.25) is 0 Å². The second-order valence-electron chi connectivity index (χ2n) is 6.10. The van der Waals surface area contributed by atoms with Gasteiger partial charge < -0.3 is 24.1 Å². The molecule has 11 heteroatoms. The van der Waals surface area contributed by atoms with Gasteiger partial charge in [0.1, 0.15) is 6.26 Å². The number of anilines is 1. The summed E-state index contributed by atoms with van der Waals surface area (Å²) < 4.78 is 53.1. The number of methoxy groups -OCH3 is 1. The molecule has 0 aliphatic carbocycles. The van der Waals surface area contributed by atoms with Gasteiger partial charge in [0.05, 0.1) is 19.2 Å². The van der Waals surface area contributed by atoms with Gasteiger partial charge in [-0.2, -0.15) is 13.2 Å². The van der Waals surface area contributed by atoms with Gasteiger partial charge in [-0.1, -0.05) is 0 Å². The summed E-state index contributed by atoms with van der Waals surface area (Å²) in [6, 6.07) is 3.53. The number of carbonyl (C=O) groups is 2. The van der Waals surface area contributed by atoms with Crippen LogP contribution < -0.4 is 5.32 Å². The molecule has 8 nitrogen and oxygen atoms in total. The molecule has 1 heterocycles. The number of ether oxygens (including phenoxy) is 2. The minimum Gasteiger partial charge on any atom is -0.464 e. The molecule has 0 spiro atoms. The van der Waals surface area contributed by atoms with Crippen molar-refractivity contribution in [1.82, 2.24) is 9.88 Å². The number of rotatable bonds is 9. The number of halogens is 3. The summed E-state index contributed by atoms with van der Waals surface area (Å²) in [5.74, 6) is -0.573. The zero-order chi connectivity index (χ0) is 22.1. The van der Waals surface area contributed by atoms with Crippen molar-refractivity contribution in [2.75, 3.05) is 32.2 Å². The maximum atomic E-state index is 12.7. The Balaban J connectivity index is 2.07. The lowest BCUT2D eigenvalue weighted by molar-refractivity contribution is -0.137. The van der Waals surface area contributed by atoms with Crippen molar-refractivity contribution in [3.8, 4) is 0 Å². The van der Waals surface area contributed by atoms with Gasteiger partial charge in [-0.05, 0) is 37.6 Å². The topological polar surface area (TPSA) is 93.9 Å². The van der Waals surface area contributed by atoms with Crippen molar-refractivity contribution in [1.29, 1.82) is 0 Å². The number of urea groups is 1. The van der Waals surface area contributed by atoms with Crippen LogP contribution >= 0.6 is 0 Å². The van der Waals surface area contributed by atoms with Crippen LogP contribution in [0.1, 0.15) is 35.3 Å². The zero-order valence-corrected chi connectivity index (χ0v) is 16.5.